The molecule has 0 saturated heterocycles. The van der Waals surface area contributed by atoms with Crippen molar-refractivity contribution in [3.63, 3.8) is 0 Å². The molecule has 7 nitrogen and oxygen atoms in total. The van der Waals surface area contributed by atoms with Gasteiger partial charge in [0.1, 0.15) is 11.4 Å². The van der Waals surface area contributed by atoms with Gasteiger partial charge < -0.3 is 5.32 Å². The van der Waals surface area contributed by atoms with E-state index in [1.54, 1.807) is 33.6 Å². The number of halogens is 2. The zero-order chi connectivity index (χ0) is 23.8. The summed E-state index contributed by atoms with van der Waals surface area (Å²) in [5.74, 6) is -0.462. The smallest absolute Gasteiger partial charge is 0.262 e. The minimum Gasteiger partial charge on any atom is -0.305 e. The molecule has 1 N–H and O–H groups in total. The molecule has 0 aliphatic rings. The molecule has 0 aliphatic heterocycles. The summed E-state index contributed by atoms with van der Waals surface area (Å²) in [7, 11) is 0. The van der Waals surface area contributed by atoms with Gasteiger partial charge in [0.2, 0.25) is 0 Å². The lowest BCUT2D eigenvalue weighted by Gasteiger charge is -2.08. The largest absolute Gasteiger partial charge is 0.305 e. The number of anilines is 1. The summed E-state index contributed by atoms with van der Waals surface area (Å²) in [6, 6.07) is 16.1. The second kappa shape index (κ2) is 8.72. The van der Waals surface area contributed by atoms with Crippen molar-refractivity contribution in [1.82, 2.24) is 24.4 Å². The van der Waals surface area contributed by atoms with Crippen LogP contribution in [0, 0.1) is 19.7 Å². The zero-order valence-electron chi connectivity index (χ0n) is 18.5. The van der Waals surface area contributed by atoms with E-state index in [0.717, 1.165) is 22.5 Å². The van der Waals surface area contributed by atoms with E-state index in [1.165, 1.54) is 12.3 Å². The number of hydrogen-bond acceptors (Lipinski definition) is 4. The summed E-state index contributed by atoms with van der Waals surface area (Å²) in [5.41, 5.74) is 4.78. The standard InChI is InChI=1S/C25H20ClFN6O/c1-15-6-8-17(9-7-15)22-10-11-28-24-18(13-29-33(22)24)25(34)30-23-12-16(2)32(31-23)14-19-20(26)4-3-5-21(19)27/h3-13H,14H2,1-2H3,(H,30,31,34). The Morgan fingerprint density at radius 1 is 1.12 bits per heavy atom. The van der Waals surface area contributed by atoms with Crippen LogP contribution >= 0.6 is 11.6 Å². The third kappa shape index (κ3) is 4.04. The first-order chi connectivity index (χ1) is 16.4. The molecule has 5 aromatic rings. The number of nitrogens with zero attached hydrogens (tertiary/aromatic N) is 5. The van der Waals surface area contributed by atoms with Crippen LogP contribution in [-0.4, -0.2) is 30.3 Å². The Labute approximate surface area is 199 Å². The SMILES string of the molecule is Cc1ccc(-c2ccnc3c(C(=O)Nc4cc(C)n(Cc5c(F)cccc5Cl)n4)cnn23)cc1. The third-order valence-electron chi connectivity index (χ3n) is 5.59. The lowest BCUT2D eigenvalue weighted by Crippen LogP contribution is -2.13. The van der Waals surface area contributed by atoms with Gasteiger partial charge in [-0.2, -0.15) is 10.2 Å². The topological polar surface area (TPSA) is 77.1 Å². The zero-order valence-corrected chi connectivity index (χ0v) is 19.2. The molecule has 2 aromatic carbocycles. The fraction of sp³-hybridized carbons (Fsp3) is 0.120. The Balaban J connectivity index is 1.41. The number of carbonyl (C=O) groups excluding carboxylic acids is 1. The van der Waals surface area contributed by atoms with Crippen LogP contribution in [0.25, 0.3) is 16.9 Å². The molecule has 0 atom stereocenters. The monoisotopic (exact) mass is 474 g/mol. The van der Waals surface area contributed by atoms with E-state index in [4.69, 9.17) is 11.6 Å². The van der Waals surface area contributed by atoms with Gasteiger partial charge in [0, 0.05) is 34.1 Å². The Kier molecular flexibility index (Phi) is 5.59. The van der Waals surface area contributed by atoms with Gasteiger partial charge in [-0.05, 0) is 32.0 Å². The average molecular weight is 475 g/mol. The number of benzene rings is 2. The summed E-state index contributed by atoms with van der Waals surface area (Å²) in [6.07, 6.45) is 3.14. The van der Waals surface area contributed by atoms with Gasteiger partial charge in [0.15, 0.2) is 11.5 Å². The molecular formula is C25H20ClFN6O. The van der Waals surface area contributed by atoms with Crippen LogP contribution in [0.15, 0.2) is 67.0 Å². The second-order valence-electron chi connectivity index (χ2n) is 7.97. The minimum atomic E-state index is -0.408. The maximum atomic E-state index is 14.2. The molecule has 3 heterocycles. The molecule has 9 heteroatoms. The van der Waals surface area contributed by atoms with E-state index in [9.17, 15) is 9.18 Å². The van der Waals surface area contributed by atoms with Crippen LogP contribution in [0.3, 0.4) is 0 Å². The Morgan fingerprint density at radius 3 is 2.68 bits per heavy atom. The Morgan fingerprint density at radius 2 is 1.91 bits per heavy atom. The normalized spacial score (nSPS) is 11.2. The van der Waals surface area contributed by atoms with Gasteiger partial charge >= 0.3 is 0 Å². The molecule has 34 heavy (non-hydrogen) atoms. The molecule has 0 fully saturated rings. The number of carbonyl (C=O) groups is 1. The van der Waals surface area contributed by atoms with Gasteiger partial charge in [-0.15, -0.1) is 0 Å². The van der Waals surface area contributed by atoms with Crippen LogP contribution in [-0.2, 0) is 6.54 Å². The van der Waals surface area contributed by atoms with E-state index in [-0.39, 0.29) is 6.54 Å². The van der Waals surface area contributed by atoms with Gasteiger partial charge in [-0.1, -0.05) is 47.5 Å². The van der Waals surface area contributed by atoms with E-state index >= 15 is 0 Å². The fourth-order valence-corrected chi connectivity index (χ4v) is 3.97. The number of fused-ring (bicyclic) bond motifs is 1. The molecule has 5 rings (SSSR count). The van der Waals surface area contributed by atoms with E-state index in [0.29, 0.717) is 27.6 Å². The van der Waals surface area contributed by atoms with E-state index in [2.05, 4.69) is 20.5 Å². The predicted molar refractivity (Wildman–Crippen MR) is 129 cm³/mol. The summed E-state index contributed by atoms with van der Waals surface area (Å²) in [6.45, 7) is 3.99. The van der Waals surface area contributed by atoms with Crippen LogP contribution in [0.2, 0.25) is 5.02 Å². The van der Waals surface area contributed by atoms with Crippen LogP contribution in [0.4, 0.5) is 10.2 Å². The number of amides is 1. The molecule has 3 aromatic heterocycles. The number of nitrogens with one attached hydrogen (secondary N) is 1. The molecular weight excluding hydrogens is 455 g/mol. The lowest BCUT2D eigenvalue weighted by atomic mass is 10.1. The van der Waals surface area contributed by atoms with E-state index in [1.807, 2.05) is 44.2 Å². The quantitative estimate of drug-likeness (QED) is 0.375. The highest BCUT2D eigenvalue weighted by Gasteiger charge is 2.18. The van der Waals surface area contributed by atoms with Crippen molar-refractivity contribution >= 4 is 29.0 Å². The van der Waals surface area contributed by atoms with Crippen molar-refractivity contribution in [3.05, 3.63) is 100 Å². The molecule has 0 unspecified atom stereocenters. The molecule has 0 aliphatic carbocycles. The number of hydrogen-bond donors (Lipinski definition) is 1. The molecule has 1 amide bonds. The van der Waals surface area contributed by atoms with Crippen molar-refractivity contribution in [2.24, 2.45) is 0 Å². The van der Waals surface area contributed by atoms with Crippen LogP contribution in [0.5, 0.6) is 0 Å². The van der Waals surface area contributed by atoms with Gasteiger partial charge in [0.05, 0.1) is 18.4 Å². The molecule has 0 spiro atoms. The number of rotatable bonds is 5. The highest BCUT2D eigenvalue weighted by Crippen LogP contribution is 2.23. The summed E-state index contributed by atoms with van der Waals surface area (Å²) in [5, 5.41) is 11.9. The maximum absolute atomic E-state index is 14.2. The first kappa shape index (κ1) is 21.8. The molecule has 0 saturated carbocycles. The lowest BCUT2D eigenvalue weighted by molar-refractivity contribution is 0.102. The van der Waals surface area contributed by atoms with Gasteiger partial charge in [0.25, 0.3) is 5.91 Å². The highest BCUT2D eigenvalue weighted by atomic mass is 35.5. The Bertz CT molecular complexity index is 1500. The highest BCUT2D eigenvalue weighted by molar-refractivity contribution is 6.31. The Hall–Kier alpha value is -4.04. The number of aromatic nitrogens is 5. The molecule has 0 radical (unpaired) electrons. The van der Waals surface area contributed by atoms with Crippen molar-refractivity contribution in [2.45, 2.75) is 20.4 Å². The average Bonchev–Trinajstić information content (AvgIpc) is 3.40. The van der Waals surface area contributed by atoms with E-state index < -0.39 is 11.7 Å². The van der Waals surface area contributed by atoms with Gasteiger partial charge in [-0.25, -0.2) is 13.9 Å². The number of aryl methyl sites for hydroxylation is 2. The maximum Gasteiger partial charge on any atom is 0.262 e. The predicted octanol–water partition coefficient (Wildman–Crippen LogP) is 5.30. The first-order valence-corrected chi connectivity index (χ1v) is 11.0. The third-order valence-corrected chi connectivity index (χ3v) is 5.94. The van der Waals surface area contributed by atoms with Crippen LogP contribution < -0.4 is 5.32 Å². The van der Waals surface area contributed by atoms with Crippen molar-refractivity contribution in [2.75, 3.05) is 5.32 Å². The summed E-state index contributed by atoms with van der Waals surface area (Å²) in [4.78, 5) is 17.4. The second-order valence-corrected chi connectivity index (χ2v) is 8.38. The van der Waals surface area contributed by atoms with Crippen molar-refractivity contribution in [3.8, 4) is 11.3 Å². The first-order valence-electron chi connectivity index (χ1n) is 10.6. The minimum absolute atomic E-state index is 0.144. The summed E-state index contributed by atoms with van der Waals surface area (Å²) >= 11 is 6.14. The summed E-state index contributed by atoms with van der Waals surface area (Å²) < 4.78 is 17.4. The van der Waals surface area contributed by atoms with Gasteiger partial charge in [-0.3, -0.25) is 9.48 Å². The molecule has 0 bridgehead atoms. The fourth-order valence-electron chi connectivity index (χ4n) is 3.74. The van der Waals surface area contributed by atoms with Crippen molar-refractivity contribution < 1.29 is 9.18 Å². The van der Waals surface area contributed by atoms with Crippen LogP contribution in [0.1, 0.15) is 27.2 Å². The van der Waals surface area contributed by atoms with Crippen molar-refractivity contribution in [1.29, 1.82) is 0 Å². The molecule has 170 valence electrons.